The van der Waals surface area contributed by atoms with E-state index >= 15 is 0 Å². The molecule has 2 N–H and O–H groups in total. The van der Waals surface area contributed by atoms with Crippen LogP contribution in [0.3, 0.4) is 0 Å². The Labute approximate surface area is 200 Å². The van der Waals surface area contributed by atoms with Crippen LogP contribution < -0.4 is 10.6 Å². The van der Waals surface area contributed by atoms with Crippen LogP contribution in [0.4, 0.5) is 11.6 Å². The van der Waals surface area contributed by atoms with E-state index in [0.717, 1.165) is 36.6 Å². The maximum Gasteiger partial charge on any atom is 0.225 e. The smallest absolute Gasteiger partial charge is 0.225 e. The lowest BCUT2D eigenvalue weighted by atomic mass is 10.2. The summed E-state index contributed by atoms with van der Waals surface area (Å²) in [5.74, 6) is 1.31. The van der Waals surface area contributed by atoms with E-state index in [9.17, 15) is 0 Å². The Morgan fingerprint density at radius 3 is 2.59 bits per heavy atom. The van der Waals surface area contributed by atoms with Crippen LogP contribution in [0.5, 0.6) is 0 Å². The van der Waals surface area contributed by atoms with Crippen molar-refractivity contribution in [2.24, 2.45) is 0 Å². The van der Waals surface area contributed by atoms with Gasteiger partial charge in [-0.05, 0) is 43.3 Å². The minimum Gasteiger partial charge on any atom is -0.461 e. The third-order valence-electron chi connectivity index (χ3n) is 6.41. The molecule has 5 aromatic rings. The van der Waals surface area contributed by atoms with E-state index in [0.29, 0.717) is 29.4 Å². The summed E-state index contributed by atoms with van der Waals surface area (Å²) in [6, 6.07) is 11.9. The first-order valence-corrected chi connectivity index (χ1v) is 11.6. The molecule has 11 heteroatoms. The number of halogens is 1. The van der Waals surface area contributed by atoms with Gasteiger partial charge in [-0.3, -0.25) is 4.90 Å². The number of benzene rings is 1. The van der Waals surface area contributed by atoms with Crippen LogP contribution >= 0.6 is 11.6 Å². The summed E-state index contributed by atoms with van der Waals surface area (Å²) in [4.78, 5) is 14.1. The summed E-state index contributed by atoms with van der Waals surface area (Å²) < 4.78 is 8.87. The van der Waals surface area contributed by atoms with Crippen molar-refractivity contribution in [3.8, 4) is 11.6 Å². The number of nitrogen functional groups attached to an aromatic ring is 1. The Kier molecular flexibility index (Phi) is 5.11. The molecule has 0 spiro atoms. The molecule has 0 radical (unpaired) electrons. The molecule has 1 saturated heterocycles. The average molecular weight is 478 g/mol. The fourth-order valence-electron chi connectivity index (χ4n) is 4.54. The Hall–Kier alpha value is -3.63. The number of fused-ring (bicyclic) bond motifs is 3. The van der Waals surface area contributed by atoms with Crippen LogP contribution in [-0.4, -0.2) is 66.5 Å². The standard InChI is InChI=1S/C23H24ClN9O/c1-15(30-8-10-31(11-9-30)17-6-4-16(24)5-7-17)14-32-21-18(13-26-32)22-27-20(19-3-2-12-34-19)29-33(22)23(25)28-21/h2-7,12-13,15H,8-11,14H2,1H3,(H2,25,28). The molecule has 1 fully saturated rings. The van der Waals surface area contributed by atoms with E-state index in [2.05, 4.69) is 49.0 Å². The van der Waals surface area contributed by atoms with E-state index in [-0.39, 0.29) is 12.0 Å². The number of hydrogen-bond acceptors (Lipinski definition) is 8. The van der Waals surface area contributed by atoms with Gasteiger partial charge in [-0.15, -0.1) is 5.10 Å². The van der Waals surface area contributed by atoms with Gasteiger partial charge in [-0.2, -0.15) is 14.6 Å². The number of nitrogens with two attached hydrogens (primary N) is 1. The van der Waals surface area contributed by atoms with E-state index < -0.39 is 0 Å². The SMILES string of the molecule is CC(Cn1ncc2c1nc(N)n1nc(-c3ccco3)nc21)N1CCN(c2ccc(Cl)cc2)CC1. The van der Waals surface area contributed by atoms with Gasteiger partial charge in [0, 0.05) is 42.9 Å². The van der Waals surface area contributed by atoms with Gasteiger partial charge in [0.15, 0.2) is 17.1 Å². The fraction of sp³-hybridized carbons (Fsp3) is 0.304. The summed E-state index contributed by atoms with van der Waals surface area (Å²) >= 11 is 6.03. The van der Waals surface area contributed by atoms with Crippen molar-refractivity contribution in [2.75, 3.05) is 36.8 Å². The zero-order valence-electron chi connectivity index (χ0n) is 18.7. The zero-order valence-corrected chi connectivity index (χ0v) is 19.4. The van der Waals surface area contributed by atoms with Gasteiger partial charge >= 0.3 is 0 Å². The molecule has 0 saturated carbocycles. The Balaban J connectivity index is 1.20. The summed E-state index contributed by atoms with van der Waals surface area (Å²) in [7, 11) is 0. The fourth-order valence-corrected chi connectivity index (χ4v) is 4.66. The van der Waals surface area contributed by atoms with E-state index in [1.54, 1.807) is 18.5 Å². The van der Waals surface area contributed by atoms with Gasteiger partial charge in [0.1, 0.15) is 0 Å². The van der Waals surface area contributed by atoms with E-state index in [1.807, 2.05) is 22.9 Å². The molecule has 1 atom stereocenters. The van der Waals surface area contributed by atoms with Gasteiger partial charge < -0.3 is 15.1 Å². The third kappa shape index (κ3) is 3.64. The normalized spacial score (nSPS) is 16.0. The van der Waals surface area contributed by atoms with Crippen molar-refractivity contribution < 1.29 is 4.42 Å². The summed E-state index contributed by atoms with van der Waals surface area (Å²) in [5.41, 5.74) is 8.75. The summed E-state index contributed by atoms with van der Waals surface area (Å²) in [6.45, 7) is 6.80. The molecule has 10 nitrogen and oxygen atoms in total. The van der Waals surface area contributed by atoms with Gasteiger partial charge in [0.2, 0.25) is 11.8 Å². The van der Waals surface area contributed by atoms with Gasteiger partial charge in [-0.25, -0.2) is 9.67 Å². The Bertz CT molecular complexity index is 1430. The summed E-state index contributed by atoms with van der Waals surface area (Å²) in [6.07, 6.45) is 3.37. The van der Waals surface area contributed by atoms with Crippen LogP contribution in [0.2, 0.25) is 5.02 Å². The second-order valence-corrected chi connectivity index (χ2v) is 8.97. The first-order valence-electron chi connectivity index (χ1n) is 11.2. The van der Waals surface area contributed by atoms with E-state index in [4.69, 9.17) is 21.8 Å². The average Bonchev–Trinajstić information content (AvgIpc) is 3.60. The molecular formula is C23H24ClN9O. The largest absolute Gasteiger partial charge is 0.461 e. The number of rotatable bonds is 5. The van der Waals surface area contributed by atoms with Crippen molar-refractivity contribution in [1.82, 2.24) is 34.3 Å². The first kappa shape index (κ1) is 20.9. The number of furan rings is 1. The topological polar surface area (TPSA) is 107 Å². The van der Waals surface area contributed by atoms with Crippen molar-refractivity contribution in [2.45, 2.75) is 19.5 Å². The lowest BCUT2D eigenvalue weighted by Gasteiger charge is -2.39. The second kappa shape index (κ2) is 8.30. The molecular weight excluding hydrogens is 454 g/mol. The number of aromatic nitrogens is 6. The van der Waals surface area contributed by atoms with Crippen LogP contribution in [0.1, 0.15) is 6.92 Å². The predicted molar refractivity (Wildman–Crippen MR) is 131 cm³/mol. The van der Waals surface area contributed by atoms with Crippen molar-refractivity contribution in [3.63, 3.8) is 0 Å². The Morgan fingerprint density at radius 1 is 1.06 bits per heavy atom. The molecule has 6 rings (SSSR count). The lowest BCUT2D eigenvalue weighted by Crippen LogP contribution is -2.50. The van der Waals surface area contributed by atoms with Crippen molar-refractivity contribution in [1.29, 1.82) is 0 Å². The molecule has 1 unspecified atom stereocenters. The first-order chi connectivity index (χ1) is 16.6. The highest BCUT2D eigenvalue weighted by atomic mass is 35.5. The van der Waals surface area contributed by atoms with Gasteiger partial charge in [-0.1, -0.05) is 11.6 Å². The van der Waals surface area contributed by atoms with Crippen molar-refractivity contribution in [3.05, 3.63) is 53.9 Å². The third-order valence-corrected chi connectivity index (χ3v) is 6.66. The number of nitrogens with zero attached hydrogens (tertiary/aromatic N) is 8. The van der Waals surface area contributed by atoms with Gasteiger partial charge in [0.05, 0.1) is 24.4 Å². The molecule has 0 bridgehead atoms. The highest BCUT2D eigenvalue weighted by Crippen LogP contribution is 2.24. The molecule has 4 aromatic heterocycles. The van der Waals surface area contributed by atoms with Crippen LogP contribution in [0, 0.1) is 0 Å². The van der Waals surface area contributed by atoms with Crippen LogP contribution in [-0.2, 0) is 6.54 Å². The molecule has 1 aromatic carbocycles. The minimum absolute atomic E-state index is 0.263. The van der Waals surface area contributed by atoms with Crippen LogP contribution in [0.25, 0.3) is 28.3 Å². The molecule has 0 aliphatic carbocycles. The molecule has 1 aliphatic heterocycles. The molecule has 174 valence electrons. The maximum absolute atomic E-state index is 6.22. The zero-order chi connectivity index (χ0) is 23.2. The monoisotopic (exact) mass is 477 g/mol. The summed E-state index contributed by atoms with van der Waals surface area (Å²) in [5, 5.41) is 10.6. The molecule has 1 aliphatic rings. The highest BCUT2D eigenvalue weighted by Gasteiger charge is 2.23. The van der Waals surface area contributed by atoms with Crippen LogP contribution in [0.15, 0.2) is 53.3 Å². The van der Waals surface area contributed by atoms with E-state index in [1.165, 1.54) is 10.2 Å². The van der Waals surface area contributed by atoms with Crippen molar-refractivity contribution >= 4 is 39.9 Å². The maximum atomic E-state index is 6.22. The molecule has 0 amide bonds. The predicted octanol–water partition coefficient (Wildman–Crippen LogP) is 3.18. The second-order valence-electron chi connectivity index (χ2n) is 8.53. The highest BCUT2D eigenvalue weighted by molar-refractivity contribution is 6.30. The lowest BCUT2D eigenvalue weighted by molar-refractivity contribution is 0.178. The Morgan fingerprint density at radius 2 is 1.85 bits per heavy atom. The number of piperazine rings is 1. The number of hydrogen-bond donors (Lipinski definition) is 1. The minimum atomic E-state index is 0.263. The van der Waals surface area contributed by atoms with Gasteiger partial charge in [0.25, 0.3) is 0 Å². The molecule has 5 heterocycles. The quantitative estimate of drug-likeness (QED) is 0.411. The molecule has 34 heavy (non-hydrogen) atoms. The number of anilines is 2.